The van der Waals surface area contributed by atoms with E-state index < -0.39 is 21.2 Å². The Morgan fingerprint density at radius 2 is 2.12 bits per heavy atom. The molecule has 2 N–H and O–H groups in total. The number of benzene rings is 1. The number of fused-ring (bicyclic) bond motifs is 1. The molecule has 0 bridgehead atoms. The maximum absolute atomic E-state index is 12.8. The highest BCUT2D eigenvalue weighted by Crippen LogP contribution is 2.36. The number of carbonyl (C=O) groups excluding carboxylic acids is 1. The molecule has 0 aliphatic carbocycles. The molecule has 2 aromatic rings. The lowest BCUT2D eigenvalue weighted by Gasteiger charge is -2.20. The number of hydroxylamine groups is 1. The lowest BCUT2D eigenvalue weighted by Crippen LogP contribution is -2.23. The van der Waals surface area contributed by atoms with Gasteiger partial charge in [0.25, 0.3) is 5.56 Å². The van der Waals surface area contributed by atoms with Crippen LogP contribution in [-0.4, -0.2) is 36.8 Å². The van der Waals surface area contributed by atoms with Crippen LogP contribution in [-0.2, 0) is 21.2 Å². The molecular formula is C16H16ClN3O5S. The molecule has 3 rings (SSSR count). The zero-order valence-corrected chi connectivity index (χ0v) is 15.6. The van der Waals surface area contributed by atoms with Crippen molar-refractivity contribution in [3.05, 3.63) is 56.5 Å². The number of aromatic nitrogens is 2. The van der Waals surface area contributed by atoms with Gasteiger partial charge in [-0.05, 0) is 25.1 Å². The molecule has 0 spiro atoms. The number of sulfone groups is 1. The summed E-state index contributed by atoms with van der Waals surface area (Å²) in [5, 5.41) is 2.64. The van der Waals surface area contributed by atoms with Crippen LogP contribution in [0.5, 0.6) is 0 Å². The number of ketones is 1. The lowest BCUT2D eigenvalue weighted by molar-refractivity contribution is 0.103. The van der Waals surface area contributed by atoms with Gasteiger partial charge in [0, 0.05) is 23.9 Å². The van der Waals surface area contributed by atoms with Gasteiger partial charge in [-0.15, -0.1) is 0 Å². The summed E-state index contributed by atoms with van der Waals surface area (Å²) in [7, 11) is -2.20. The SMILES string of the molecule is CCn1[nH]cc(C(=O)c2ccc3c(c2Cl)C(NOC)=CCS3(=O)=O)c1=O. The highest BCUT2D eigenvalue weighted by molar-refractivity contribution is 7.91. The van der Waals surface area contributed by atoms with Crippen molar-refractivity contribution in [2.75, 3.05) is 12.9 Å². The van der Waals surface area contributed by atoms with E-state index >= 15 is 0 Å². The van der Waals surface area contributed by atoms with Gasteiger partial charge >= 0.3 is 0 Å². The number of aryl methyl sites for hydroxylation is 1. The summed E-state index contributed by atoms with van der Waals surface area (Å²) in [5.41, 5.74) is 2.57. The molecule has 1 aromatic carbocycles. The van der Waals surface area contributed by atoms with Gasteiger partial charge < -0.3 is 5.10 Å². The maximum Gasteiger partial charge on any atom is 0.277 e. The first-order valence-corrected chi connectivity index (χ1v) is 9.72. The smallest absolute Gasteiger partial charge is 0.277 e. The summed E-state index contributed by atoms with van der Waals surface area (Å²) in [5.74, 6) is -0.806. The molecule has 0 radical (unpaired) electrons. The van der Waals surface area contributed by atoms with Crippen molar-refractivity contribution < 1.29 is 18.0 Å². The van der Waals surface area contributed by atoms with Crippen LogP contribution < -0.4 is 11.0 Å². The average Bonchev–Trinajstić information content (AvgIpc) is 2.98. The maximum atomic E-state index is 12.8. The summed E-state index contributed by atoms with van der Waals surface area (Å²) < 4.78 is 25.9. The van der Waals surface area contributed by atoms with Crippen LogP contribution in [0.25, 0.3) is 5.70 Å². The van der Waals surface area contributed by atoms with Gasteiger partial charge in [0.05, 0.1) is 28.5 Å². The van der Waals surface area contributed by atoms with E-state index in [1.807, 2.05) is 0 Å². The predicted octanol–water partition coefficient (Wildman–Crippen LogP) is 1.36. The fraction of sp³-hybridized carbons (Fsp3) is 0.250. The quantitative estimate of drug-likeness (QED) is 0.582. The molecule has 0 saturated carbocycles. The third-order valence-corrected chi connectivity index (χ3v) is 6.08. The van der Waals surface area contributed by atoms with E-state index in [0.29, 0.717) is 12.2 Å². The second-order valence-corrected chi connectivity index (χ2v) is 7.95. The fourth-order valence-electron chi connectivity index (χ4n) is 2.78. The van der Waals surface area contributed by atoms with Gasteiger partial charge in [0.2, 0.25) is 5.78 Å². The van der Waals surface area contributed by atoms with Crippen molar-refractivity contribution in [3.8, 4) is 0 Å². The second-order valence-electron chi connectivity index (χ2n) is 5.57. The van der Waals surface area contributed by atoms with Crippen molar-refractivity contribution in [2.24, 2.45) is 0 Å². The molecule has 1 aliphatic heterocycles. The Labute approximate surface area is 154 Å². The minimum atomic E-state index is -3.57. The molecule has 1 aromatic heterocycles. The van der Waals surface area contributed by atoms with Crippen LogP contribution >= 0.6 is 11.6 Å². The van der Waals surface area contributed by atoms with Gasteiger partial charge in [-0.25, -0.2) is 8.42 Å². The summed E-state index contributed by atoms with van der Waals surface area (Å²) >= 11 is 6.38. The monoisotopic (exact) mass is 397 g/mol. The van der Waals surface area contributed by atoms with Crippen molar-refractivity contribution in [2.45, 2.75) is 18.4 Å². The average molecular weight is 398 g/mol. The number of nitrogens with one attached hydrogen (secondary N) is 2. The number of carbonyl (C=O) groups is 1. The van der Waals surface area contributed by atoms with Crippen LogP contribution in [0.2, 0.25) is 5.02 Å². The Morgan fingerprint density at radius 3 is 2.73 bits per heavy atom. The van der Waals surface area contributed by atoms with Crippen molar-refractivity contribution in [3.63, 3.8) is 0 Å². The fourth-order valence-corrected chi connectivity index (χ4v) is 4.55. The molecule has 0 unspecified atom stereocenters. The summed E-state index contributed by atoms with van der Waals surface area (Å²) in [6.45, 7) is 2.14. The first-order valence-electron chi connectivity index (χ1n) is 7.69. The van der Waals surface area contributed by atoms with Gasteiger partial charge in [0.1, 0.15) is 5.56 Å². The third kappa shape index (κ3) is 2.87. The number of H-pyrrole nitrogens is 1. The van der Waals surface area contributed by atoms with E-state index in [0.717, 1.165) is 0 Å². The Balaban J connectivity index is 2.19. The van der Waals surface area contributed by atoms with Gasteiger partial charge in [-0.1, -0.05) is 11.6 Å². The highest BCUT2D eigenvalue weighted by Gasteiger charge is 2.30. The summed E-state index contributed by atoms with van der Waals surface area (Å²) in [4.78, 5) is 29.9. The van der Waals surface area contributed by atoms with Gasteiger partial charge in [-0.3, -0.25) is 24.6 Å². The topological polar surface area (TPSA) is 110 Å². The zero-order chi connectivity index (χ0) is 19.1. The largest absolute Gasteiger partial charge is 0.302 e. The summed E-state index contributed by atoms with van der Waals surface area (Å²) in [6, 6.07) is 2.64. The van der Waals surface area contributed by atoms with Crippen molar-refractivity contribution in [1.82, 2.24) is 15.3 Å². The Morgan fingerprint density at radius 1 is 1.38 bits per heavy atom. The van der Waals surface area contributed by atoms with Crippen LogP contribution in [0.4, 0.5) is 0 Å². The van der Waals surface area contributed by atoms with Crippen molar-refractivity contribution in [1.29, 1.82) is 0 Å². The zero-order valence-electron chi connectivity index (χ0n) is 14.0. The van der Waals surface area contributed by atoms with Gasteiger partial charge in [-0.2, -0.15) is 0 Å². The molecule has 138 valence electrons. The van der Waals surface area contributed by atoms with Crippen LogP contribution in [0, 0.1) is 0 Å². The molecule has 10 heteroatoms. The molecule has 0 atom stereocenters. The molecule has 8 nitrogen and oxygen atoms in total. The highest BCUT2D eigenvalue weighted by atomic mass is 35.5. The normalized spacial score (nSPS) is 15.3. The minimum Gasteiger partial charge on any atom is -0.302 e. The number of rotatable bonds is 5. The Hall–Kier alpha value is -2.36. The Bertz CT molecular complexity index is 1080. The minimum absolute atomic E-state index is 0.00105. The van der Waals surface area contributed by atoms with Crippen LogP contribution in [0.1, 0.15) is 28.4 Å². The first-order chi connectivity index (χ1) is 12.3. The van der Waals surface area contributed by atoms with Crippen molar-refractivity contribution >= 4 is 32.9 Å². The standard InChI is InChI=1S/C16H16ClN3O5S/c1-3-20-16(22)10(8-18-20)15(21)9-4-5-12-13(14(9)17)11(19-25-2)6-7-26(12,23)24/h4-6,8,18-19H,3,7H2,1-2H3. The second kappa shape index (κ2) is 6.75. The van der Waals surface area contributed by atoms with E-state index in [1.54, 1.807) is 6.92 Å². The predicted molar refractivity (Wildman–Crippen MR) is 95.8 cm³/mol. The lowest BCUT2D eigenvalue weighted by atomic mass is 10.0. The molecule has 26 heavy (non-hydrogen) atoms. The van der Waals surface area contributed by atoms with E-state index in [2.05, 4.69) is 10.6 Å². The molecule has 0 amide bonds. The van der Waals surface area contributed by atoms with E-state index in [-0.39, 0.29) is 32.4 Å². The molecule has 0 saturated heterocycles. The number of hydrogen-bond donors (Lipinski definition) is 2. The molecule has 0 fully saturated rings. The van der Waals surface area contributed by atoms with Crippen LogP contribution in [0.3, 0.4) is 0 Å². The number of aromatic amines is 1. The summed E-state index contributed by atoms with van der Waals surface area (Å²) in [6.07, 6.45) is 2.73. The van der Waals surface area contributed by atoms with E-state index in [1.165, 1.54) is 36.2 Å². The van der Waals surface area contributed by atoms with Gasteiger partial charge in [0.15, 0.2) is 9.84 Å². The Kier molecular flexibility index (Phi) is 4.78. The molecular weight excluding hydrogens is 382 g/mol. The molecule has 2 heterocycles. The van der Waals surface area contributed by atoms with Crippen LogP contribution in [0.15, 0.2) is 34.1 Å². The number of nitrogens with zero attached hydrogens (tertiary/aromatic N) is 1. The number of hydrogen-bond acceptors (Lipinski definition) is 6. The first kappa shape index (κ1) is 18.4. The third-order valence-electron chi connectivity index (χ3n) is 4.07. The molecule has 1 aliphatic rings. The number of halogens is 1. The van der Waals surface area contributed by atoms with E-state index in [9.17, 15) is 18.0 Å². The van der Waals surface area contributed by atoms with E-state index in [4.69, 9.17) is 16.4 Å².